The molecule has 0 aliphatic heterocycles. The largest absolute Gasteiger partial charge is 0.507 e. The first-order valence-corrected chi connectivity index (χ1v) is 10.9. The zero-order chi connectivity index (χ0) is 20.1. The fourth-order valence-corrected chi connectivity index (χ4v) is 4.38. The smallest absolute Gasteiger partial charge is 0.164 e. The average molecular weight is 451 g/mol. The molecular weight excluding hydrogens is 426 g/mol. The van der Waals surface area contributed by atoms with Gasteiger partial charge < -0.3 is 10.2 Å². The molecule has 0 bridgehead atoms. The van der Waals surface area contributed by atoms with Gasteiger partial charge in [0, 0.05) is 10.9 Å². The number of allylic oxidation sites excluding steroid dienone is 2. The Kier molecular flexibility index (Phi) is 7.11. The molecule has 0 fully saturated rings. The Hall–Kier alpha value is -1.88. The molecule has 0 unspecified atom stereocenters. The molecule has 0 saturated carbocycles. The quantitative estimate of drug-likeness (QED) is 0.353. The molecule has 0 heterocycles. The van der Waals surface area contributed by atoms with Gasteiger partial charge in [0.05, 0.1) is 0 Å². The third-order valence-electron chi connectivity index (χ3n) is 5.36. The van der Waals surface area contributed by atoms with Crippen LogP contribution in [0.2, 0.25) is 0 Å². The molecule has 1 aliphatic carbocycles. The van der Waals surface area contributed by atoms with Crippen LogP contribution < -0.4 is 0 Å². The van der Waals surface area contributed by atoms with E-state index >= 15 is 0 Å². The van der Waals surface area contributed by atoms with Gasteiger partial charge in [-0.1, -0.05) is 34.8 Å². The number of halogens is 3. The monoisotopic (exact) mass is 450 g/mol. The zero-order valence-electron chi connectivity index (χ0n) is 15.8. The number of benzene rings is 2. The molecule has 2 aromatic carbocycles. The van der Waals surface area contributed by atoms with Gasteiger partial charge in [-0.25, -0.2) is 8.78 Å². The third kappa shape index (κ3) is 4.57. The van der Waals surface area contributed by atoms with Crippen LogP contribution in [0, 0.1) is 11.6 Å². The summed E-state index contributed by atoms with van der Waals surface area (Å²) >= 11 is 3.44. The molecule has 0 spiro atoms. The molecule has 0 atom stereocenters. The lowest BCUT2D eigenvalue weighted by Gasteiger charge is -2.18. The van der Waals surface area contributed by atoms with Crippen LogP contribution in [-0.2, 0) is 6.42 Å². The third-order valence-corrected chi connectivity index (χ3v) is 5.92. The summed E-state index contributed by atoms with van der Waals surface area (Å²) in [5.74, 6) is -1.27. The van der Waals surface area contributed by atoms with Crippen molar-refractivity contribution in [1.82, 2.24) is 0 Å². The molecule has 0 amide bonds. The van der Waals surface area contributed by atoms with Crippen LogP contribution in [0.4, 0.5) is 8.78 Å². The highest BCUT2D eigenvalue weighted by Crippen LogP contribution is 2.43. The molecule has 2 nitrogen and oxygen atoms in total. The van der Waals surface area contributed by atoms with E-state index in [1.54, 1.807) is 6.07 Å². The van der Waals surface area contributed by atoms with E-state index in [1.807, 2.05) is 0 Å². The van der Waals surface area contributed by atoms with Crippen molar-refractivity contribution in [2.75, 3.05) is 5.33 Å². The number of phenols is 2. The van der Waals surface area contributed by atoms with Gasteiger partial charge in [-0.05, 0) is 85.1 Å². The van der Waals surface area contributed by atoms with Crippen molar-refractivity contribution in [1.29, 1.82) is 0 Å². The van der Waals surface area contributed by atoms with Crippen molar-refractivity contribution < 1.29 is 19.0 Å². The highest BCUT2D eigenvalue weighted by atomic mass is 79.9. The highest BCUT2D eigenvalue weighted by molar-refractivity contribution is 9.09. The van der Waals surface area contributed by atoms with Crippen LogP contribution in [0.25, 0.3) is 11.1 Å². The maximum atomic E-state index is 14.5. The molecule has 28 heavy (non-hydrogen) atoms. The topological polar surface area (TPSA) is 40.5 Å². The Morgan fingerprint density at radius 1 is 0.857 bits per heavy atom. The summed E-state index contributed by atoms with van der Waals surface area (Å²) in [4.78, 5) is 0. The van der Waals surface area contributed by atoms with Crippen molar-refractivity contribution in [3.63, 3.8) is 0 Å². The van der Waals surface area contributed by atoms with E-state index in [1.165, 1.54) is 24.3 Å². The second kappa shape index (κ2) is 9.55. The summed E-state index contributed by atoms with van der Waals surface area (Å²) in [5.41, 5.74) is 3.73. The van der Waals surface area contributed by atoms with Gasteiger partial charge in [0.1, 0.15) is 11.6 Å². The van der Waals surface area contributed by atoms with E-state index in [4.69, 9.17) is 0 Å². The van der Waals surface area contributed by atoms with E-state index in [0.717, 1.165) is 54.1 Å². The second-order valence-corrected chi connectivity index (χ2v) is 8.04. The van der Waals surface area contributed by atoms with E-state index in [-0.39, 0.29) is 11.6 Å². The van der Waals surface area contributed by atoms with Crippen LogP contribution in [0.3, 0.4) is 0 Å². The Labute approximate surface area is 173 Å². The van der Waals surface area contributed by atoms with Gasteiger partial charge in [0.25, 0.3) is 0 Å². The highest BCUT2D eigenvalue weighted by Gasteiger charge is 2.24. The Morgan fingerprint density at radius 3 is 2.36 bits per heavy atom. The van der Waals surface area contributed by atoms with Crippen molar-refractivity contribution in [3.8, 4) is 11.5 Å². The van der Waals surface area contributed by atoms with E-state index < -0.39 is 11.6 Å². The molecule has 0 saturated heterocycles. The van der Waals surface area contributed by atoms with Crippen molar-refractivity contribution in [2.45, 2.75) is 51.4 Å². The number of rotatable bonds is 7. The van der Waals surface area contributed by atoms with Crippen LogP contribution in [0.1, 0.15) is 61.6 Å². The number of aromatic hydroxyl groups is 2. The fraction of sp³-hybridized carbons (Fsp3) is 0.391. The number of fused-ring (bicyclic) bond motifs is 1. The molecule has 2 aromatic rings. The first-order valence-electron chi connectivity index (χ1n) is 9.80. The SMILES string of the molecule is Oc1cc(C2=C(CCCCCCBr)c3c(O)ccc(F)c3CCC2)ccc1F. The first-order chi connectivity index (χ1) is 13.5. The lowest BCUT2D eigenvalue weighted by molar-refractivity contribution is 0.432. The van der Waals surface area contributed by atoms with E-state index in [9.17, 15) is 19.0 Å². The Morgan fingerprint density at radius 2 is 1.61 bits per heavy atom. The predicted molar refractivity (Wildman–Crippen MR) is 113 cm³/mol. The summed E-state index contributed by atoms with van der Waals surface area (Å²) in [5, 5.41) is 21.4. The summed E-state index contributed by atoms with van der Waals surface area (Å²) in [6.07, 6.45) is 6.85. The number of hydrogen-bond donors (Lipinski definition) is 2. The minimum Gasteiger partial charge on any atom is -0.507 e. The molecule has 150 valence electrons. The number of alkyl halides is 1. The predicted octanol–water partition coefficient (Wildman–Crippen LogP) is 6.97. The lowest BCUT2D eigenvalue weighted by Crippen LogP contribution is -1.98. The minimum absolute atomic E-state index is 0.0811. The van der Waals surface area contributed by atoms with Gasteiger partial charge >= 0.3 is 0 Å². The van der Waals surface area contributed by atoms with Gasteiger partial charge in [-0.15, -0.1) is 0 Å². The van der Waals surface area contributed by atoms with E-state index in [0.29, 0.717) is 30.4 Å². The maximum absolute atomic E-state index is 14.5. The fourth-order valence-electron chi connectivity index (χ4n) is 3.98. The summed E-state index contributed by atoms with van der Waals surface area (Å²) in [7, 11) is 0. The van der Waals surface area contributed by atoms with Crippen molar-refractivity contribution in [2.24, 2.45) is 0 Å². The van der Waals surface area contributed by atoms with Gasteiger partial charge in [-0.2, -0.15) is 0 Å². The van der Waals surface area contributed by atoms with Crippen LogP contribution in [0.15, 0.2) is 30.3 Å². The van der Waals surface area contributed by atoms with Crippen LogP contribution in [0.5, 0.6) is 11.5 Å². The Bertz CT molecular complexity index is 877. The first kappa shape index (κ1) is 20.8. The number of phenolic OH excluding ortho intramolecular Hbond substituents is 2. The molecule has 3 rings (SSSR count). The summed E-state index contributed by atoms with van der Waals surface area (Å²) in [6, 6.07) is 7.05. The van der Waals surface area contributed by atoms with Gasteiger partial charge in [0.15, 0.2) is 11.6 Å². The van der Waals surface area contributed by atoms with Crippen molar-refractivity contribution in [3.05, 3.63) is 58.7 Å². The molecule has 0 aromatic heterocycles. The minimum atomic E-state index is -0.663. The average Bonchev–Trinajstić information content (AvgIpc) is 2.87. The lowest BCUT2D eigenvalue weighted by atomic mass is 9.88. The molecular formula is C23H25BrF2O2. The van der Waals surface area contributed by atoms with Crippen molar-refractivity contribution >= 4 is 27.1 Å². The number of hydrogen-bond acceptors (Lipinski definition) is 2. The normalized spacial score (nSPS) is 14.1. The molecule has 1 aliphatic rings. The number of unbranched alkanes of at least 4 members (excludes halogenated alkanes) is 3. The van der Waals surface area contributed by atoms with E-state index in [2.05, 4.69) is 15.9 Å². The van der Waals surface area contributed by atoms with Gasteiger partial charge in [0.2, 0.25) is 0 Å². The molecule has 5 heteroatoms. The Balaban J connectivity index is 2.07. The standard InChI is InChI=1S/C23H25BrF2O2/c24-13-4-2-1-3-6-17-16(15-9-10-20(26)22(28)14-15)7-5-8-18-19(25)11-12-21(27)23(17)18/h9-12,14,27-28H,1-8,13H2. The summed E-state index contributed by atoms with van der Waals surface area (Å²) in [6.45, 7) is 0. The van der Waals surface area contributed by atoms with Gasteiger partial charge in [-0.3, -0.25) is 0 Å². The molecule has 2 N–H and O–H groups in total. The maximum Gasteiger partial charge on any atom is 0.164 e. The molecule has 0 radical (unpaired) electrons. The summed E-state index contributed by atoms with van der Waals surface area (Å²) < 4.78 is 28.1. The second-order valence-electron chi connectivity index (χ2n) is 7.25. The zero-order valence-corrected chi connectivity index (χ0v) is 17.4. The van der Waals surface area contributed by atoms with Crippen LogP contribution in [-0.4, -0.2) is 15.5 Å². The van der Waals surface area contributed by atoms with Crippen LogP contribution >= 0.6 is 15.9 Å².